The summed E-state index contributed by atoms with van der Waals surface area (Å²) < 4.78 is 6.23. The molecule has 2 saturated heterocycles. The lowest BCUT2D eigenvalue weighted by Crippen LogP contribution is -2.55. The van der Waals surface area contributed by atoms with Crippen LogP contribution in [0.5, 0.6) is 0 Å². The Labute approximate surface area is 111 Å². The molecular formula is C15H28N2O. The molecule has 1 aliphatic carbocycles. The highest BCUT2D eigenvalue weighted by Crippen LogP contribution is 2.32. The van der Waals surface area contributed by atoms with E-state index in [0.717, 1.165) is 6.04 Å². The highest BCUT2D eigenvalue weighted by Gasteiger charge is 2.39. The monoisotopic (exact) mass is 252 g/mol. The Hall–Kier alpha value is -0.120. The first-order valence-electron chi connectivity index (χ1n) is 7.67. The van der Waals surface area contributed by atoms with E-state index in [1.165, 1.54) is 51.9 Å². The van der Waals surface area contributed by atoms with Gasteiger partial charge in [0, 0.05) is 37.8 Å². The van der Waals surface area contributed by atoms with Crippen LogP contribution in [0, 0.1) is 0 Å². The zero-order valence-corrected chi connectivity index (χ0v) is 12.2. The van der Waals surface area contributed by atoms with Crippen molar-refractivity contribution < 1.29 is 4.74 Å². The maximum absolute atomic E-state index is 6.23. The first-order valence-corrected chi connectivity index (χ1v) is 7.67. The second kappa shape index (κ2) is 4.77. The smallest absolute Gasteiger partial charge is 0.0832 e. The normalized spacial score (nSPS) is 29.5. The number of hydrogen-bond donors (Lipinski definition) is 0. The van der Waals surface area contributed by atoms with Crippen LogP contribution in [-0.2, 0) is 4.74 Å². The molecule has 0 unspecified atom stereocenters. The van der Waals surface area contributed by atoms with E-state index in [0.29, 0.717) is 17.7 Å². The van der Waals surface area contributed by atoms with Gasteiger partial charge in [0.05, 0.1) is 12.2 Å². The van der Waals surface area contributed by atoms with Gasteiger partial charge in [-0.15, -0.1) is 0 Å². The summed E-state index contributed by atoms with van der Waals surface area (Å²) in [6.45, 7) is 11.7. The third-order valence-corrected chi connectivity index (χ3v) is 4.72. The van der Waals surface area contributed by atoms with Crippen molar-refractivity contribution in [2.45, 2.75) is 70.2 Å². The van der Waals surface area contributed by atoms with Crippen LogP contribution in [0.3, 0.4) is 0 Å². The average Bonchev–Trinajstić information content (AvgIpc) is 3.06. The van der Waals surface area contributed by atoms with E-state index >= 15 is 0 Å². The van der Waals surface area contributed by atoms with Crippen molar-refractivity contribution >= 4 is 0 Å². The van der Waals surface area contributed by atoms with Crippen LogP contribution in [0.4, 0.5) is 0 Å². The summed E-state index contributed by atoms with van der Waals surface area (Å²) in [6.07, 6.45) is 6.36. The fourth-order valence-electron chi connectivity index (χ4n) is 3.23. The van der Waals surface area contributed by atoms with E-state index in [-0.39, 0.29) is 0 Å². The Kier molecular flexibility index (Phi) is 3.41. The molecule has 0 aromatic heterocycles. The minimum atomic E-state index is 0.324. The Morgan fingerprint density at radius 2 is 1.50 bits per heavy atom. The Bertz CT molecular complexity index is 281. The lowest BCUT2D eigenvalue weighted by atomic mass is 9.99. The molecule has 3 rings (SSSR count). The second-order valence-corrected chi connectivity index (χ2v) is 7.30. The van der Waals surface area contributed by atoms with E-state index in [1.54, 1.807) is 0 Å². The fourth-order valence-corrected chi connectivity index (χ4v) is 3.23. The predicted molar refractivity (Wildman–Crippen MR) is 73.8 cm³/mol. The molecule has 3 fully saturated rings. The lowest BCUT2D eigenvalue weighted by molar-refractivity contribution is -0.113. The molecule has 0 aromatic carbocycles. The van der Waals surface area contributed by atoms with Crippen LogP contribution < -0.4 is 0 Å². The molecule has 0 amide bonds. The molecule has 0 bridgehead atoms. The van der Waals surface area contributed by atoms with Crippen LogP contribution >= 0.6 is 0 Å². The topological polar surface area (TPSA) is 15.7 Å². The summed E-state index contributed by atoms with van der Waals surface area (Å²) in [5.74, 6) is 0. The van der Waals surface area contributed by atoms with Crippen LogP contribution in [0.25, 0.3) is 0 Å². The molecule has 2 heterocycles. The number of likely N-dealkylation sites (tertiary alicyclic amines) is 2. The van der Waals surface area contributed by atoms with E-state index in [1.807, 2.05) is 0 Å². The Morgan fingerprint density at radius 1 is 0.889 bits per heavy atom. The molecule has 0 atom stereocenters. The van der Waals surface area contributed by atoms with Gasteiger partial charge in [-0.05, 0) is 46.5 Å². The minimum absolute atomic E-state index is 0.324. The van der Waals surface area contributed by atoms with Crippen molar-refractivity contribution in [2.75, 3.05) is 26.2 Å². The molecule has 3 heteroatoms. The number of nitrogens with zero attached hydrogens (tertiary/aromatic N) is 2. The zero-order valence-electron chi connectivity index (χ0n) is 12.2. The third-order valence-electron chi connectivity index (χ3n) is 4.72. The van der Waals surface area contributed by atoms with Gasteiger partial charge in [-0.3, -0.25) is 9.80 Å². The van der Waals surface area contributed by atoms with Gasteiger partial charge >= 0.3 is 0 Å². The number of rotatable bonds is 3. The molecule has 104 valence electrons. The van der Waals surface area contributed by atoms with Gasteiger partial charge in [-0.2, -0.15) is 0 Å². The standard InChI is InChI=1S/C15H28N2O/c1-15(2,3)17-8-6-13(7-9-17)18-14-10-16(11-14)12-4-5-12/h12-14H,4-11H2,1-3H3. The van der Waals surface area contributed by atoms with Crippen LogP contribution in [-0.4, -0.2) is 59.8 Å². The Balaban J connectivity index is 1.36. The van der Waals surface area contributed by atoms with Crippen molar-refractivity contribution in [2.24, 2.45) is 0 Å². The van der Waals surface area contributed by atoms with Gasteiger partial charge < -0.3 is 4.74 Å². The molecule has 0 radical (unpaired) electrons. The number of hydrogen-bond acceptors (Lipinski definition) is 3. The van der Waals surface area contributed by atoms with E-state index in [2.05, 4.69) is 30.6 Å². The van der Waals surface area contributed by atoms with Gasteiger partial charge in [0.2, 0.25) is 0 Å². The van der Waals surface area contributed by atoms with Crippen LogP contribution in [0.15, 0.2) is 0 Å². The molecule has 3 aliphatic rings. The molecule has 1 saturated carbocycles. The first kappa shape index (κ1) is 12.9. The van der Waals surface area contributed by atoms with Crippen molar-refractivity contribution in [3.63, 3.8) is 0 Å². The molecule has 3 nitrogen and oxygen atoms in total. The summed E-state index contributed by atoms with van der Waals surface area (Å²) >= 11 is 0. The highest BCUT2D eigenvalue weighted by atomic mass is 16.5. The van der Waals surface area contributed by atoms with Crippen molar-refractivity contribution in [3.05, 3.63) is 0 Å². The largest absolute Gasteiger partial charge is 0.372 e. The first-order chi connectivity index (χ1) is 8.52. The van der Waals surface area contributed by atoms with Crippen molar-refractivity contribution in [1.82, 2.24) is 9.80 Å². The maximum atomic E-state index is 6.23. The quantitative estimate of drug-likeness (QED) is 0.765. The summed E-state index contributed by atoms with van der Waals surface area (Å²) in [5.41, 5.74) is 0.324. The maximum Gasteiger partial charge on any atom is 0.0832 e. The van der Waals surface area contributed by atoms with Crippen molar-refractivity contribution in [1.29, 1.82) is 0 Å². The zero-order chi connectivity index (χ0) is 12.8. The summed E-state index contributed by atoms with van der Waals surface area (Å²) in [5, 5.41) is 0. The molecule has 0 N–H and O–H groups in total. The van der Waals surface area contributed by atoms with Crippen LogP contribution in [0.2, 0.25) is 0 Å². The molecule has 18 heavy (non-hydrogen) atoms. The summed E-state index contributed by atoms with van der Waals surface area (Å²) in [6, 6.07) is 0.924. The Morgan fingerprint density at radius 3 is 2.00 bits per heavy atom. The predicted octanol–water partition coefficient (Wildman–Crippen LogP) is 2.11. The van der Waals surface area contributed by atoms with Gasteiger partial charge in [0.15, 0.2) is 0 Å². The van der Waals surface area contributed by atoms with E-state index in [9.17, 15) is 0 Å². The summed E-state index contributed by atoms with van der Waals surface area (Å²) in [4.78, 5) is 5.18. The molecular weight excluding hydrogens is 224 g/mol. The van der Waals surface area contributed by atoms with Gasteiger partial charge in [-0.25, -0.2) is 0 Å². The minimum Gasteiger partial charge on any atom is -0.372 e. The van der Waals surface area contributed by atoms with Gasteiger partial charge in [0.1, 0.15) is 0 Å². The molecule has 0 aromatic rings. The fraction of sp³-hybridized carbons (Fsp3) is 1.00. The average molecular weight is 252 g/mol. The number of piperidine rings is 1. The second-order valence-electron chi connectivity index (χ2n) is 7.30. The van der Waals surface area contributed by atoms with Crippen molar-refractivity contribution in [3.8, 4) is 0 Å². The SMILES string of the molecule is CC(C)(C)N1CCC(OC2CN(C3CC3)C2)CC1. The van der Waals surface area contributed by atoms with Crippen LogP contribution in [0.1, 0.15) is 46.5 Å². The number of ether oxygens (including phenoxy) is 1. The lowest BCUT2D eigenvalue weighted by Gasteiger charge is -2.44. The molecule has 2 aliphatic heterocycles. The van der Waals surface area contributed by atoms with E-state index in [4.69, 9.17) is 4.74 Å². The van der Waals surface area contributed by atoms with E-state index < -0.39 is 0 Å². The van der Waals surface area contributed by atoms with Gasteiger partial charge in [0.25, 0.3) is 0 Å². The third kappa shape index (κ3) is 2.89. The van der Waals surface area contributed by atoms with Gasteiger partial charge in [-0.1, -0.05) is 0 Å². The highest BCUT2D eigenvalue weighted by molar-refractivity contribution is 4.94. The summed E-state index contributed by atoms with van der Waals surface area (Å²) in [7, 11) is 0. The molecule has 0 spiro atoms.